The zero-order valence-corrected chi connectivity index (χ0v) is 20.1. The van der Waals surface area contributed by atoms with E-state index < -0.39 is 5.97 Å². The maximum atomic E-state index is 12.8. The summed E-state index contributed by atoms with van der Waals surface area (Å²) in [5, 5.41) is 3.64. The molecule has 2 heterocycles. The SMILES string of the molecule is COC(=O)c1cnc(-c2ccc(C(C)NC(=O)N(C)C3CCN(C)CC3)c(Cl)c2Cl)cn1. The summed E-state index contributed by atoms with van der Waals surface area (Å²) in [4.78, 5) is 36.6. The second-order valence-electron chi connectivity index (χ2n) is 7.93. The van der Waals surface area contributed by atoms with Crippen LogP contribution in [0.3, 0.4) is 0 Å². The standard InChI is InChI=1S/C22H27Cl2N5O3/c1-13(27-22(31)29(3)14-7-9-28(2)10-8-14)15-5-6-16(20(24)19(15)23)17-11-26-18(12-25-17)21(30)32-4/h5-6,11-14H,7-10H2,1-4H3,(H,27,31). The van der Waals surface area contributed by atoms with Crippen LogP contribution in [0.15, 0.2) is 24.5 Å². The molecule has 2 amide bonds. The van der Waals surface area contributed by atoms with Gasteiger partial charge in [0.25, 0.3) is 0 Å². The molecule has 2 aromatic rings. The number of rotatable bonds is 5. The number of aromatic nitrogens is 2. The largest absolute Gasteiger partial charge is 0.464 e. The molecule has 172 valence electrons. The number of esters is 1. The summed E-state index contributed by atoms with van der Waals surface area (Å²) < 4.78 is 4.63. The number of piperidine rings is 1. The number of halogens is 2. The van der Waals surface area contributed by atoms with Gasteiger partial charge >= 0.3 is 12.0 Å². The first-order valence-corrected chi connectivity index (χ1v) is 11.1. The van der Waals surface area contributed by atoms with E-state index in [-0.39, 0.29) is 23.8 Å². The molecule has 0 radical (unpaired) electrons. The van der Waals surface area contributed by atoms with Crippen molar-refractivity contribution in [2.45, 2.75) is 31.8 Å². The van der Waals surface area contributed by atoms with E-state index in [4.69, 9.17) is 23.2 Å². The van der Waals surface area contributed by atoms with E-state index in [1.54, 1.807) is 17.0 Å². The molecule has 1 aliphatic rings. The molecule has 1 aliphatic heterocycles. The first kappa shape index (κ1) is 24.2. The minimum Gasteiger partial charge on any atom is -0.464 e. The molecule has 1 unspecified atom stereocenters. The van der Waals surface area contributed by atoms with E-state index in [0.29, 0.717) is 26.9 Å². The molecule has 10 heteroatoms. The summed E-state index contributed by atoms with van der Waals surface area (Å²) in [5.74, 6) is -0.571. The second kappa shape index (κ2) is 10.5. The van der Waals surface area contributed by atoms with Crippen molar-refractivity contribution in [3.63, 3.8) is 0 Å². The van der Waals surface area contributed by atoms with Crippen LogP contribution in [0.1, 0.15) is 41.9 Å². The normalized spacial score (nSPS) is 15.8. The molecule has 3 rings (SSSR count). The lowest BCUT2D eigenvalue weighted by Crippen LogP contribution is -2.48. The summed E-state index contributed by atoms with van der Waals surface area (Å²) in [6.07, 6.45) is 4.66. The number of hydrogen-bond donors (Lipinski definition) is 1. The summed E-state index contributed by atoms with van der Waals surface area (Å²) in [6.45, 7) is 3.82. The van der Waals surface area contributed by atoms with E-state index in [1.807, 2.05) is 14.0 Å². The molecule has 8 nitrogen and oxygen atoms in total. The Hall–Kier alpha value is -2.42. The van der Waals surface area contributed by atoms with Gasteiger partial charge in [-0.15, -0.1) is 0 Å². The molecule has 1 fully saturated rings. The molecule has 0 aliphatic carbocycles. The van der Waals surface area contributed by atoms with E-state index in [2.05, 4.69) is 32.0 Å². The molecule has 1 aromatic heterocycles. The average molecular weight is 480 g/mol. The van der Waals surface area contributed by atoms with Crippen LogP contribution >= 0.6 is 23.2 Å². The lowest BCUT2D eigenvalue weighted by Gasteiger charge is -2.35. The van der Waals surface area contributed by atoms with Crippen molar-refractivity contribution in [2.75, 3.05) is 34.3 Å². The number of methoxy groups -OCH3 is 1. The Kier molecular flexibility index (Phi) is 7.92. The number of benzene rings is 1. The van der Waals surface area contributed by atoms with Gasteiger partial charge in [0.05, 0.1) is 41.3 Å². The van der Waals surface area contributed by atoms with Crippen LogP contribution in [0.5, 0.6) is 0 Å². The Bertz CT molecular complexity index is 978. The fraction of sp³-hybridized carbons (Fsp3) is 0.455. The summed E-state index contributed by atoms with van der Waals surface area (Å²) in [5.41, 5.74) is 1.84. The number of urea groups is 1. The van der Waals surface area contributed by atoms with E-state index >= 15 is 0 Å². The predicted molar refractivity (Wildman–Crippen MR) is 124 cm³/mol. The third-order valence-corrected chi connectivity index (χ3v) is 6.69. The average Bonchev–Trinajstić information content (AvgIpc) is 2.80. The predicted octanol–water partition coefficient (Wildman–Crippen LogP) is 4.03. The van der Waals surface area contributed by atoms with Gasteiger partial charge in [-0.3, -0.25) is 4.98 Å². The van der Waals surface area contributed by atoms with Crippen molar-refractivity contribution in [1.82, 2.24) is 25.1 Å². The number of amides is 2. The molecule has 1 N–H and O–H groups in total. The smallest absolute Gasteiger partial charge is 0.358 e. The van der Waals surface area contributed by atoms with Crippen molar-refractivity contribution >= 4 is 35.2 Å². The number of ether oxygens (including phenoxy) is 1. The Morgan fingerprint density at radius 3 is 2.47 bits per heavy atom. The van der Waals surface area contributed by atoms with Gasteiger partial charge in [-0.2, -0.15) is 0 Å². The zero-order valence-electron chi connectivity index (χ0n) is 18.6. The second-order valence-corrected chi connectivity index (χ2v) is 8.68. The number of nitrogens with one attached hydrogen (secondary N) is 1. The van der Waals surface area contributed by atoms with Crippen molar-refractivity contribution in [1.29, 1.82) is 0 Å². The minimum absolute atomic E-state index is 0.0974. The summed E-state index contributed by atoms with van der Waals surface area (Å²) in [6, 6.07) is 3.30. The van der Waals surface area contributed by atoms with Crippen LogP contribution in [0.4, 0.5) is 4.79 Å². The molecule has 0 bridgehead atoms. The highest BCUT2D eigenvalue weighted by molar-refractivity contribution is 6.44. The monoisotopic (exact) mass is 479 g/mol. The van der Waals surface area contributed by atoms with Gasteiger partial charge in [-0.1, -0.05) is 35.3 Å². The number of nitrogens with zero attached hydrogens (tertiary/aromatic N) is 4. The van der Waals surface area contributed by atoms with Crippen LogP contribution in [0, 0.1) is 0 Å². The molecule has 0 spiro atoms. The molecule has 32 heavy (non-hydrogen) atoms. The summed E-state index contributed by atoms with van der Waals surface area (Å²) in [7, 11) is 5.19. The topological polar surface area (TPSA) is 87.7 Å². The third-order valence-electron chi connectivity index (χ3n) is 5.80. The molecular weight excluding hydrogens is 453 g/mol. The molecule has 1 saturated heterocycles. The Balaban J connectivity index is 1.72. The maximum Gasteiger partial charge on any atom is 0.358 e. The van der Waals surface area contributed by atoms with E-state index in [1.165, 1.54) is 19.5 Å². The quantitative estimate of drug-likeness (QED) is 0.651. The van der Waals surface area contributed by atoms with Crippen molar-refractivity contribution in [2.24, 2.45) is 0 Å². The Labute approximate surface area is 197 Å². The number of hydrogen-bond acceptors (Lipinski definition) is 6. The van der Waals surface area contributed by atoms with Crippen molar-refractivity contribution < 1.29 is 14.3 Å². The number of carbonyl (C=O) groups is 2. The van der Waals surface area contributed by atoms with E-state index in [0.717, 1.165) is 25.9 Å². The van der Waals surface area contributed by atoms with Gasteiger partial charge in [0.2, 0.25) is 0 Å². The van der Waals surface area contributed by atoms with Gasteiger partial charge in [-0.25, -0.2) is 14.6 Å². The lowest BCUT2D eigenvalue weighted by atomic mass is 10.0. The van der Waals surface area contributed by atoms with Crippen LogP contribution in [-0.2, 0) is 4.74 Å². The maximum absolute atomic E-state index is 12.8. The first-order chi connectivity index (χ1) is 15.2. The highest BCUT2D eigenvalue weighted by atomic mass is 35.5. The van der Waals surface area contributed by atoms with Crippen LogP contribution < -0.4 is 5.32 Å². The zero-order chi connectivity index (χ0) is 23.4. The van der Waals surface area contributed by atoms with Crippen LogP contribution in [0.2, 0.25) is 10.0 Å². The van der Waals surface area contributed by atoms with Crippen LogP contribution in [-0.4, -0.2) is 72.1 Å². The molecular formula is C22H27Cl2N5O3. The van der Waals surface area contributed by atoms with Gasteiger partial charge in [-0.05, 0) is 45.5 Å². The molecule has 1 aromatic carbocycles. The molecule has 1 atom stereocenters. The van der Waals surface area contributed by atoms with Crippen molar-refractivity contribution in [3.05, 3.63) is 45.8 Å². The van der Waals surface area contributed by atoms with Gasteiger partial charge < -0.3 is 19.9 Å². The minimum atomic E-state index is -0.571. The van der Waals surface area contributed by atoms with E-state index in [9.17, 15) is 9.59 Å². The number of likely N-dealkylation sites (tertiary alicyclic amines) is 1. The fourth-order valence-electron chi connectivity index (χ4n) is 3.69. The highest BCUT2D eigenvalue weighted by Crippen LogP contribution is 2.37. The highest BCUT2D eigenvalue weighted by Gasteiger charge is 2.26. The first-order valence-electron chi connectivity index (χ1n) is 10.3. The third kappa shape index (κ3) is 5.31. The lowest BCUT2D eigenvalue weighted by molar-refractivity contribution is 0.0593. The van der Waals surface area contributed by atoms with Gasteiger partial charge in [0.15, 0.2) is 5.69 Å². The van der Waals surface area contributed by atoms with Gasteiger partial charge in [0.1, 0.15) is 0 Å². The van der Waals surface area contributed by atoms with Crippen molar-refractivity contribution in [3.8, 4) is 11.3 Å². The Morgan fingerprint density at radius 2 is 1.88 bits per heavy atom. The van der Waals surface area contributed by atoms with Crippen LogP contribution in [0.25, 0.3) is 11.3 Å². The summed E-state index contributed by atoms with van der Waals surface area (Å²) >= 11 is 13.1. The fourth-order valence-corrected chi connectivity index (χ4v) is 4.28. The number of carbonyl (C=O) groups excluding carboxylic acids is 2. The van der Waals surface area contributed by atoms with Gasteiger partial charge in [0, 0.05) is 18.7 Å². The Morgan fingerprint density at radius 1 is 1.19 bits per heavy atom. The molecule has 0 saturated carbocycles.